The molecule has 30 heavy (non-hydrogen) atoms. The first-order valence-corrected chi connectivity index (χ1v) is 10.9. The van der Waals surface area contributed by atoms with Crippen LogP contribution in [0.1, 0.15) is 43.1 Å². The van der Waals surface area contributed by atoms with E-state index < -0.39 is 0 Å². The monoisotopic (exact) mass is 404 g/mol. The lowest BCUT2D eigenvalue weighted by atomic mass is 10.1. The summed E-state index contributed by atoms with van der Waals surface area (Å²) in [4.78, 5) is 31.2. The van der Waals surface area contributed by atoms with Crippen molar-refractivity contribution in [2.45, 2.75) is 45.2 Å². The minimum absolute atomic E-state index is 0.0996. The van der Waals surface area contributed by atoms with Crippen LogP contribution in [0.25, 0.3) is 10.9 Å². The molecule has 2 aromatic heterocycles. The molecule has 1 saturated carbocycles. The zero-order valence-electron chi connectivity index (χ0n) is 17.5. The van der Waals surface area contributed by atoms with Crippen molar-refractivity contribution in [3.05, 3.63) is 58.7 Å². The normalized spacial score (nSPS) is 18.4. The molecule has 0 atom stereocenters. The van der Waals surface area contributed by atoms with Gasteiger partial charge in [0.15, 0.2) is 0 Å². The Hall–Kier alpha value is -2.80. The smallest absolute Gasteiger partial charge is 0.261 e. The summed E-state index contributed by atoms with van der Waals surface area (Å²) in [6.45, 7) is 6.66. The molecule has 2 fully saturated rings. The third-order valence-corrected chi connectivity index (χ3v) is 6.41. The topological polar surface area (TPSA) is 67.2 Å². The fraction of sp³-hybridized carbons (Fsp3) is 0.478. The van der Waals surface area contributed by atoms with Crippen LogP contribution in [0.4, 0.5) is 5.69 Å². The standard InChI is InChI=1S/C23H28N6O/c1-17-13-24-14-18(26-17)15-27-8-10-28(11-9-27)20-6-7-21-22(12-20)25-16-29(23(21)30)19-4-2-3-5-19/h6-7,12-14,16,19H,2-5,8-11,15H2,1H3. The van der Waals surface area contributed by atoms with Crippen LogP contribution in [0, 0.1) is 6.92 Å². The van der Waals surface area contributed by atoms with Crippen LogP contribution >= 0.6 is 0 Å². The van der Waals surface area contributed by atoms with E-state index in [1.54, 1.807) is 12.5 Å². The highest BCUT2D eigenvalue weighted by Crippen LogP contribution is 2.28. The average Bonchev–Trinajstić information content (AvgIpc) is 3.29. The van der Waals surface area contributed by atoms with Crippen molar-refractivity contribution in [1.29, 1.82) is 0 Å². The molecule has 1 aliphatic heterocycles. The fourth-order valence-corrected chi connectivity index (χ4v) is 4.75. The van der Waals surface area contributed by atoms with E-state index in [9.17, 15) is 4.79 Å². The molecule has 3 heterocycles. The maximum Gasteiger partial charge on any atom is 0.261 e. The Bertz CT molecular complexity index is 1100. The number of aryl methyl sites for hydroxylation is 1. The molecule has 1 aliphatic carbocycles. The van der Waals surface area contributed by atoms with E-state index in [-0.39, 0.29) is 5.56 Å². The molecule has 5 rings (SSSR count). The number of nitrogens with zero attached hydrogens (tertiary/aromatic N) is 6. The van der Waals surface area contributed by atoms with Crippen molar-refractivity contribution in [2.75, 3.05) is 31.1 Å². The predicted molar refractivity (Wildman–Crippen MR) is 118 cm³/mol. The van der Waals surface area contributed by atoms with Gasteiger partial charge in [-0.15, -0.1) is 0 Å². The molecular formula is C23H28N6O. The Morgan fingerprint density at radius 1 is 1.07 bits per heavy atom. The second kappa shape index (κ2) is 8.14. The van der Waals surface area contributed by atoms with Gasteiger partial charge in [-0.1, -0.05) is 12.8 Å². The number of benzene rings is 1. The summed E-state index contributed by atoms with van der Waals surface area (Å²) < 4.78 is 1.85. The van der Waals surface area contributed by atoms with Crippen molar-refractivity contribution in [3.8, 4) is 0 Å². The summed E-state index contributed by atoms with van der Waals surface area (Å²) >= 11 is 0. The van der Waals surface area contributed by atoms with Gasteiger partial charge in [-0.05, 0) is 38.0 Å². The number of aromatic nitrogens is 4. The van der Waals surface area contributed by atoms with Gasteiger partial charge in [0.1, 0.15) is 0 Å². The lowest BCUT2D eigenvalue weighted by molar-refractivity contribution is 0.246. The van der Waals surface area contributed by atoms with Gasteiger partial charge in [-0.25, -0.2) is 4.98 Å². The fourth-order valence-electron chi connectivity index (χ4n) is 4.75. The number of hydrogen-bond acceptors (Lipinski definition) is 6. The second-order valence-electron chi connectivity index (χ2n) is 8.51. The number of hydrogen-bond donors (Lipinski definition) is 0. The van der Waals surface area contributed by atoms with Crippen LogP contribution in [0.3, 0.4) is 0 Å². The van der Waals surface area contributed by atoms with E-state index in [1.165, 1.54) is 12.8 Å². The molecule has 0 radical (unpaired) electrons. The largest absolute Gasteiger partial charge is 0.369 e. The summed E-state index contributed by atoms with van der Waals surface area (Å²) in [5, 5.41) is 0.727. The summed E-state index contributed by atoms with van der Waals surface area (Å²) in [6.07, 6.45) is 9.98. The molecule has 7 nitrogen and oxygen atoms in total. The molecule has 1 saturated heterocycles. The molecule has 1 aromatic carbocycles. The van der Waals surface area contributed by atoms with Crippen molar-refractivity contribution in [3.63, 3.8) is 0 Å². The van der Waals surface area contributed by atoms with Crippen molar-refractivity contribution < 1.29 is 0 Å². The van der Waals surface area contributed by atoms with Crippen LogP contribution in [-0.4, -0.2) is 50.6 Å². The van der Waals surface area contributed by atoms with E-state index in [1.807, 2.05) is 23.8 Å². The molecule has 7 heteroatoms. The second-order valence-corrected chi connectivity index (χ2v) is 8.51. The number of piperazine rings is 1. The molecular weight excluding hydrogens is 376 g/mol. The van der Waals surface area contributed by atoms with E-state index in [4.69, 9.17) is 0 Å². The van der Waals surface area contributed by atoms with Crippen molar-refractivity contribution >= 4 is 16.6 Å². The Balaban J connectivity index is 1.28. The minimum atomic E-state index is 0.0996. The van der Waals surface area contributed by atoms with Gasteiger partial charge >= 0.3 is 0 Å². The first-order chi connectivity index (χ1) is 14.7. The van der Waals surface area contributed by atoms with E-state index in [0.29, 0.717) is 6.04 Å². The van der Waals surface area contributed by atoms with Crippen LogP contribution in [0.2, 0.25) is 0 Å². The van der Waals surface area contributed by atoms with Gasteiger partial charge in [-0.2, -0.15) is 0 Å². The average molecular weight is 405 g/mol. The molecule has 0 spiro atoms. The summed E-state index contributed by atoms with van der Waals surface area (Å²) in [7, 11) is 0. The lowest BCUT2D eigenvalue weighted by Gasteiger charge is -2.36. The predicted octanol–water partition coefficient (Wildman–Crippen LogP) is 2.93. The molecule has 2 aliphatic rings. The Morgan fingerprint density at radius 3 is 2.63 bits per heavy atom. The first kappa shape index (κ1) is 19.2. The maximum absolute atomic E-state index is 12.9. The minimum Gasteiger partial charge on any atom is -0.369 e. The first-order valence-electron chi connectivity index (χ1n) is 10.9. The number of anilines is 1. The van der Waals surface area contributed by atoms with Gasteiger partial charge in [0.05, 0.1) is 28.6 Å². The SMILES string of the molecule is Cc1cncc(CN2CCN(c3ccc4c(=O)n(C5CCCC5)cnc4c3)CC2)n1. The van der Waals surface area contributed by atoms with Gasteiger partial charge in [0.2, 0.25) is 0 Å². The van der Waals surface area contributed by atoms with Crippen LogP contribution in [0.5, 0.6) is 0 Å². The van der Waals surface area contributed by atoms with Crippen molar-refractivity contribution in [2.24, 2.45) is 0 Å². The highest BCUT2D eigenvalue weighted by molar-refractivity contribution is 5.81. The van der Waals surface area contributed by atoms with Crippen LogP contribution < -0.4 is 10.5 Å². The van der Waals surface area contributed by atoms with E-state index in [2.05, 4.69) is 36.9 Å². The zero-order chi connectivity index (χ0) is 20.5. The number of fused-ring (bicyclic) bond motifs is 1. The molecule has 0 unspecified atom stereocenters. The lowest BCUT2D eigenvalue weighted by Crippen LogP contribution is -2.46. The highest BCUT2D eigenvalue weighted by Gasteiger charge is 2.21. The summed E-state index contributed by atoms with van der Waals surface area (Å²) in [5.41, 5.74) is 4.02. The van der Waals surface area contributed by atoms with Gasteiger partial charge in [0, 0.05) is 56.8 Å². The third kappa shape index (κ3) is 3.81. The molecule has 3 aromatic rings. The van der Waals surface area contributed by atoms with Gasteiger partial charge in [-0.3, -0.25) is 24.2 Å². The summed E-state index contributed by atoms with van der Waals surface area (Å²) in [6, 6.07) is 6.42. The Morgan fingerprint density at radius 2 is 1.87 bits per heavy atom. The number of rotatable bonds is 4. The molecule has 0 N–H and O–H groups in total. The quantitative estimate of drug-likeness (QED) is 0.666. The van der Waals surface area contributed by atoms with E-state index >= 15 is 0 Å². The summed E-state index contributed by atoms with van der Waals surface area (Å²) in [5.74, 6) is 0. The molecule has 0 amide bonds. The Kier molecular flexibility index (Phi) is 5.21. The maximum atomic E-state index is 12.9. The van der Waals surface area contributed by atoms with Gasteiger partial charge < -0.3 is 4.90 Å². The molecule has 0 bridgehead atoms. The Labute approximate surface area is 176 Å². The van der Waals surface area contributed by atoms with Gasteiger partial charge in [0.25, 0.3) is 5.56 Å². The van der Waals surface area contributed by atoms with E-state index in [0.717, 1.165) is 73.5 Å². The van der Waals surface area contributed by atoms with Crippen molar-refractivity contribution in [1.82, 2.24) is 24.4 Å². The zero-order valence-corrected chi connectivity index (χ0v) is 17.5. The molecule has 156 valence electrons. The third-order valence-electron chi connectivity index (χ3n) is 6.41. The highest BCUT2D eigenvalue weighted by atomic mass is 16.1. The van der Waals surface area contributed by atoms with Crippen LogP contribution in [-0.2, 0) is 6.54 Å². The van der Waals surface area contributed by atoms with Crippen LogP contribution in [0.15, 0.2) is 41.7 Å².